The van der Waals surface area contributed by atoms with Crippen molar-refractivity contribution in [1.29, 1.82) is 0 Å². The molecule has 0 aliphatic heterocycles. The van der Waals surface area contributed by atoms with Gasteiger partial charge in [0.2, 0.25) is 5.91 Å². The molecule has 3 N–H and O–H groups in total. The second-order valence-electron chi connectivity index (χ2n) is 6.91. The van der Waals surface area contributed by atoms with E-state index in [1.165, 1.54) is 24.1 Å². The fraction of sp³-hybridized carbons (Fsp3) is 0.750. The van der Waals surface area contributed by atoms with Gasteiger partial charge in [0.15, 0.2) is 5.13 Å². The summed E-state index contributed by atoms with van der Waals surface area (Å²) >= 11 is 1.59. The summed E-state index contributed by atoms with van der Waals surface area (Å²) in [6.07, 6.45) is 7.43. The normalized spacial score (nSPS) is 30.7. The SMILES string of the molecule is CC(C)c1cnc(NC(=O)C2CC3CCCC(C2)C3N)s1.Cl. The van der Waals surface area contributed by atoms with E-state index in [2.05, 4.69) is 24.1 Å². The average Bonchev–Trinajstić information content (AvgIpc) is 2.87. The number of nitrogens with one attached hydrogen (secondary N) is 1. The number of nitrogens with two attached hydrogens (primary N) is 1. The lowest BCUT2D eigenvalue weighted by Gasteiger charge is -2.43. The number of anilines is 1. The minimum Gasteiger partial charge on any atom is -0.327 e. The maximum absolute atomic E-state index is 12.5. The van der Waals surface area contributed by atoms with Crippen molar-refractivity contribution < 1.29 is 4.79 Å². The Balaban J connectivity index is 0.00000176. The number of carbonyl (C=O) groups excluding carboxylic acids is 1. The van der Waals surface area contributed by atoms with Crippen LogP contribution < -0.4 is 11.1 Å². The number of thiazole rings is 1. The molecule has 2 atom stereocenters. The molecule has 3 rings (SSSR count). The number of hydrogen-bond donors (Lipinski definition) is 2. The van der Waals surface area contributed by atoms with Crippen LogP contribution in [0.4, 0.5) is 5.13 Å². The van der Waals surface area contributed by atoms with Gasteiger partial charge in [-0.1, -0.05) is 20.3 Å². The first-order chi connectivity index (χ1) is 10.0. The molecule has 2 aliphatic carbocycles. The second kappa shape index (κ2) is 7.28. The number of halogens is 1. The molecule has 1 amide bonds. The summed E-state index contributed by atoms with van der Waals surface area (Å²) < 4.78 is 0. The fourth-order valence-corrected chi connectivity index (χ4v) is 4.64. The van der Waals surface area contributed by atoms with Gasteiger partial charge >= 0.3 is 0 Å². The van der Waals surface area contributed by atoms with Crippen molar-refractivity contribution >= 4 is 34.8 Å². The number of aromatic nitrogens is 1. The number of fused-ring (bicyclic) bond motifs is 2. The minimum absolute atomic E-state index is 0. The lowest BCUT2D eigenvalue weighted by molar-refractivity contribution is -0.122. The highest BCUT2D eigenvalue weighted by molar-refractivity contribution is 7.15. The Labute approximate surface area is 142 Å². The summed E-state index contributed by atoms with van der Waals surface area (Å²) in [5.74, 6) is 1.79. The quantitative estimate of drug-likeness (QED) is 0.877. The van der Waals surface area contributed by atoms with Crippen LogP contribution in [0.2, 0.25) is 0 Å². The first-order valence-corrected chi connectivity index (χ1v) is 8.88. The summed E-state index contributed by atoms with van der Waals surface area (Å²) in [6, 6.07) is 0.315. The summed E-state index contributed by atoms with van der Waals surface area (Å²) in [6.45, 7) is 4.28. The van der Waals surface area contributed by atoms with E-state index >= 15 is 0 Å². The van der Waals surface area contributed by atoms with Crippen LogP contribution in [-0.4, -0.2) is 16.9 Å². The molecule has 0 spiro atoms. The van der Waals surface area contributed by atoms with E-state index in [0.717, 1.165) is 18.0 Å². The average molecular weight is 344 g/mol. The lowest BCUT2D eigenvalue weighted by atomic mass is 9.65. The van der Waals surface area contributed by atoms with Crippen LogP contribution >= 0.6 is 23.7 Å². The Morgan fingerprint density at radius 1 is 1.36 bits per heavy atom. The maximum atomic E-state index is 12.5. The largest absolute Gasteiger partial charge is 0.327 e. The van der Waals surface area contributed by atoms with Crippen LogP contribution in [0.1, 0.15) is 56.7 Å². The van der Waals surface area contributed by atoms with Crippen molar-refractivity contribution in [3.63, 3.8) is 0 Å². The standard InChI is InChI=1S/C16H25N3OS.ClH/c1-9(2)13-8-18-16(21-13)19-15(20)12-6-10-4-3-5-11(7-12)14(10)17;/h8-12,14H,3-7,17H2,1-2H3,(H,18,19,20);1H. The van der Waals surface area contributed by atoms with Gasteiger partial charge in [-0.25, -0.2) is 4.98 Å². The summed E-state index contributed by atoms with van der Waals surface area (Å²) in [5, 5.41) is 3.76. The predicted molar refractivity (Wildman–Crippen MR) is 93.6 cm³/mol. The molecule has 2 unspecified atom stereocenters. The molecule has 124 valence electrons. The molecule has 2 saturated carbocycles. The van der Waals surface area contributed by atoms with E-state index in [4.69, 9.17) is 5.73 Å². The molecule has 1 aromatic rings. The lowest BCUT2D eigenvalue weighted by Crippen LogP contribution is -2.48. The highest BCUT2D eigenvalue weighted by Crippen LogP contribution is 2.42. The molecule has 0 saturated heterocycles. The second-order valence-corrected chi connectivity index (χ2v) is 7.97. The number of carbonyl (C=O) groups is 1. The van der Waals surface area contributed by atoms with Crippen LogP contribution in [0.5, 0.6) is 0 Å². The van der Waals surface area contributed by atoms with E-state index in [1.54, 1.807) is 11.3 Å². The van der Waals surface area contributed by atoms with Gasteiger partial charge in [0.05, 0.1) is 0 Å². The molecule has 1 heterocycles. The van der Waals surface area contributed by atoms with Gasteiger partial charge in [0.1, 0.15) is 0 Å². The van der Waals surface area contributed by atoms with Crippen molar-refractivity contribution in [2.45, 2.75) is 57.9 Å². The van der Waals surface area contributed by atoms with Gasteiger partial charge in [-0.05, 0) is 43.4 Å². The summed E-state index contributed by atoms with van der Waals surface area (Å²) in [4.78, 5) is 18.0. The smallest absolute Gasteiger partial charge is 0.229 e. The van der Waals surface area contributed by atoms with E-state index in [0.29, 0.717) is 23.8 Å². The van der Waals surface area contributed by atoms with Crippen molar-refractivity contribution in [1.82, 2.24) is 4.98 Å². The van der Waals surface area contributed by atoms with Gasteiger partial charge in [-0.2, -0.15) is 0 Å². The zero-order valence-corrected chi connectivity index (χ0v) is 14.9. The number of rotatable bonds is 3. The molecule has 2 bridgehead atoms. The van der Waals surface area contributed by atoms with Gasteiger partial charge in [-0.3, -0.25) is 4.79 Å². The maximum Gasteiger partial charge on any atom is 0.229 e. The molecular weight excluding hydrogens is 318 g/mol. The molecular formula is C16H26ClN3OS. The van der Waals surface area contributed by atoms with Crippen LogP contribution in [0.3, 0.4) is 0 Å². The fourth-order valence-electron chi connectivity index (χ4n) is 3.82. The number of amides is 1. The zero-order valence-electron chi connectivity index (χ0n) is 13.2. The molecule has 0 aromatic carbocycles. The van der Waals surface area contributed by atoms with Crippen LogP contribution in [0, 0.1) is 17.8 Å². The predicted octanol–water partition coefficient (Wildman–Crippen LogP) is 3.78. The van der Waals surface area contributed by atoms with E-state index in [1.807, 2.05) is 6.20 Å². The minimum atomic E-state index is 0. The Hall–Kier alpha value is -0.650. The van der Waals surface area contributed by atoms with Gasteiger partial charge in [-0.15, -0.1) is 23.7 Å². The summed E-state index contributed by atoms with van der Waals surface area (Å²) in [7, 11) is 0. The molecule has 1 aromatic heterocycles. The Bertz CT molecular complexity index is 505. The highest BCUT2D eigenvalue weighted by atomic mass is 35.5. The molecule has 6 heteroatoms. The first-order valence-electron chi connectivity index (χ1n) is 8.06. The Kier molecular flexibility index (Phi) is 5.86. The molecule has 22 heavy (non-hydrogen) atoms. The van der Waals surface area contributed by atoms with Crippen LogP contribution in [0.25, 0.3) is 0 Å². The topological polar surface area (TPSA) is 68.0 Å². The third-order valence-corrected chi connectivity index (χ3v) is 6.32. The van der Waals surface area contributed by atoms with Gasteiger partial charge in [0, 0.05) is 23.0 Å². The Morgan fingerprint density at radius 3 is 2.55 bits per heavy atom. The number of nitrogens with zero attached hydrogens (tertiary/aromatic N) is 1. The van der Waals surface area contributed by atoms with Gasteiger partial charge in [0.25, 0.3) is 0 Å². The van der Waals surface area contributed by atoms with Crippen molar-refractivity contribution in [2.24, 2.45) is 23.5 Å². The monoisotopic (exact) mass is 343 g/mol. The van der Waals surface area contributed by atoms with Crippen molar-refractivity contribution in [3.8, 4) is 0 Å². The van der Waals surface area contributed by atoms with E-state index in [-0.39, 0.29) is 24.2 Å². The molecule has 4 nitrogen and oxygen atoms in total. The van der Waals surface area contributed by atoms with E-state index < -0.39 is 0 Å². The highest BCUT2D eigenvalue weighted by Gasteiger charge is 2.40. The first kappa shape index (κ1) is 17.7. The molecule has 0 radical (unpaired) electrons. The van der Waals surface area contributed by atoms with Crippen molar-refractivity contribution in [2.75, 3.05) is 5.32 Å². The molecule has 2 aliphatic rings. The van der Waals surface area contributed by atoms with Gasteiger partial charge < -0.3 is 11.1 Å². The zero-order chi connectivity index (χ0) is 15.0. The van der Waals surface area contributed by atoms with Crippen LogP contribution in [-0.2, 0) is 4.79 Å². The third-order valence-electron chi connectivity index (χ3n) is 5.11. The number of hydrogen-bond acceptors (Lipinski definition) is 4. The molecule has 2 fully saturated rings. The van der Waals surface area contributed by atoms with Crippen LogP contribution in [0.15, 0.2) is 6.20 Å². The van der Waals surface area contributed by atoms with Crippen molar-refractivity contribution in [3.05, 3.63) is 11.1 Å². The third kappa shape index (κ3) is 3.63. The Morgan fingerprint density at radius 2 is 2.00 bits per heavy atom. The van der Waals surface area contributed by atoms with E-state index in [9.17, 15) is 4.79 Å². The summed E-state index contributed by atoms with van der Waals surface area (Å²) in [5.41, 5.74) is 6.29.